The van der Waals surface area contributed by atoms with Crippen molar-refractivity contribution in [2.24, 2.45) is 0 Å². The molecule has 30 heavy (non-hydrogen) atoms. The zero-order chi connectivity index (χ0) is 21.7. The summed E-state index contributed by atoms with van der Waals surface area (Å²) in [5, 5.41) is 16.2. The van der Waals surface area contributed by atoms with Crippen molar-refractivity contribution in [3.63, 3.8) is 0 Å². The number of aliphatic hydroxyl groups excluding tert-OH is 1. The van der Waals surface area contributed by atoms with Gasteiger partial charge in [0.2, 0.25) is 0 Å². The number of rotatable bonds is 4. The molecule has 3 nitrogen and oxygen atoms in total. The van der Waals surface area contributed by atoms with Crippen LogP contribution in [0.15, 0.2) is 79.0 Å². The lowest BCUT2D eigenvalue weighted by Gasteiger charge is -2.12. The quantitative estimate of drug-likeness (QED) is 0.431. The maximum absolute atomic E-state index is 10.7. The van der Waals surface area contributed by atoms with Gasteiger partial charge in [0.25, 0.3) is 0 Å². The van der Waals surface area contributed by atoms with E-state index in [1.807, 2.05) is 71.5 Å². The van der Waals surface area contributed by atoms with Gasteiger partial charge in [0.05, 0.1) is 17.4 Å². The maximum atomic E-state index is 10.7. The molecule has 0 aliphatic rings. The van der Waals surface area contributed by atoms with Crippen LogP contribution < -0.4 is 0 Å². The SMILES string of the molecule is CC(F)(F)F.CCc1ccc(C(O)c2ccc3c(cnn3-c3ccccc3)c2)cc1. The second-order valence-electron chi connectivity index (χ2n) is 6.99. The van der Waals surface area contributed by atoms with Crippen molar-refractivity contribution in [2.45, 2.75) is 32.5 Å². The summed E-state index contributed by atoms with van der Waals surface area (Å²) in [5.74, 6) is 0. The number of fused-ring (bicyclic) bond motifs is 1. The molecule has 0 aliphatic carbocycles. The Kier molecular flexibility index (Phi) is 6.57. The van der Waals surface area contributed by atoms with Crippen LogP contribution >= 0.6 is 0 Å². The van der Waals surface area contributed by atoms with Crippen LogP contribution in [0.3, 0.4) is 0 Å². The van der Waals surface area contributed by atoms with Gasteiger partial charge in [-0.05, 0) is 47.4 Å². The van der Waals surface area contributed by atoms with Crippen LogP contribution in [0, 0.1) is 0 Å². The van der Waals surface area contributed by atoms with Crippen LogP contribution in [0.25, 0.3) is 16.6 Å². The molecule has 1 N–H and O–H groups in total. The Morgan fingerprint density at radius 1 is 0.933 bits per heavy atom. The second kappa shape index (κ2) is 9.13. The largest absolute Gasteiger partial charge is 0.386 e. The smallest absolute Gasteiger partial charge is 0.384 e. The van der Waals surface area contributed by atoms with Crippen LogP contribution in [0.1, 0.15) is 36.6 Å². The zero-order valence-corrected chi connectivity index (χ0v) is 16.8. The van der Waals surface area contributed by atoms with Crippen LogP contribution in [-0.2, 0) is 6.42 Å². The topological polar surface area (TPSA) is 38.1 Å². The van der Waals surface area contributed by atoms with Gasteiger partial charge in [-0.1, -0.05) is 55.5 Å². The summed E-state index contributed by atoms with van der Waals surface area (Å²) in [6, 6.07) is 24.2. The summed E-state index contributed by atoms with van der Waals surface area (Å²) in [7, 11) is 0. The van der Waals surface area contributed by atoms with Crippen molar-refractivity contribution in [1.82, 2.24) is 9.78 Å². The fraction of sp³-hybridized carbons (Fsp3) is 0.208. The number of aliphatic hydroxyl groups is 1. The number of alkyl halides is 3. The van der Waals surface area contributed by atoms with Crippen molar-refractivity contribution in [1.29, 1.82) is 0 Å². The number of benzene rings is 3. The van der Waals surface area contributed by atoms with Crippen molar-refractivity contribution >= 4 is 10.9 Å². The number of para-hydroxylation sites is 1. The average Bonchev–Trinajstić information content (AvgIpc) is 3.16. The molecule has 0 amide bonds. The minimum Gasteiger partial charge on any atom is -0.384 e. The molecule has 1 heterocycles. The van der Waals surface area contributed by atoms with Gasteiger partial charge in [0.15, 0.2) is 0 Å². The molecule has 0 saturated carbocycles. The highest BCUT2D eigenvalue weighted by Gasteiger charge is 2.15. The maximum Gasteiger partial charge on any atom is 0.386 e. The van der Waals surface area contributed by atoms with E-state index in [9.17, 15) is 18.3 Å². The van der Waals surface area contributed by atoms with E-state index in [1.165, 1.54) is 5.56 Å². The van der Waals surface area contributed by atoms with Crippen molar-refractivity contribution < 1.29 is 18.3 Å². The monoisotopic (exact) mass is 412 g/mol. The predicted molar refractivity (Wildman–Crippen MR) is 113 cm³/mol. The van der Waals surface area contributed by atoms with Gasteiger partial charge in [-0.15, -0.1) is 0 Å². The fourth-order valence-corrected chi connectivity index (χ4v) is 3.12. The van der Waals surface area contributed by atoms with E-state index >= 15 is 0 Å². The highest BCUT2D eigenvalue weighted by molar-refractivity contribution is 5.81. The molecule has 0 aliphatic heterocycles. The molecule has 156 valence electrons. The fourth-order valence-electron chi connectivity index (χ4n) is 3.12. The molecule has 0 bridgehead atoms. The minimum absolute atomic E-state index is 0.188. The molecule has 4 rings (SSSR count). The molecule has 6 heteroatoms. The van der Waals surface area contributed by atoms with Gasteiger partial charge < -0.3 is 5.11 Å². The lowest BCUT2D eigenvalue weighted by Crippen LogP contribution is -2.00. The number of aromatic nitrogens is 2. The number of nitrogens with zero attached hydrogens (tertiary/aromatic N) is 2. The molecular formula is C24H23F3N2O. The summed E-state index contributed by atoms with van der Waals surface area (Å²) in [6.07, 6.45) is -1.78. The summed E-state index contributed by atoms with van der Waals surface area (Å²) in [6.45, 7) is 2.32. The Labute approximate surface area is 173 Å². The number of halogens is 3. The van der Waals surface area contributed by atoms with Crippen LogP contribution in [-0.4, -0.2) is 21.1 Å². The van der Waals surface area contributed by atoms with Crippen LogP contribution in [0.2, 0.25) is 0 Å². The summed E-state index contributed by atoms with van der Waals surface area (Å²) < 4.78 is 33.0. The van der Waals surface area contributed by atoms with Crippen LogP contribution in [0.4, 0.5) is 13.2 Å². The number of hydrogen-bond acceptors (Lipinski definition) is 2. The van der Waals surface area contributed by atoms with E-state index in [2.05, 4.69) is 24.2 Å². The Morgan fingerprint density at radius 2 is 1.53 bits per heavy atom. The summed E-state index contributed by atoms with van der Waals surface area (Å²) in [5.41, 5.74) is 5.12. The molecule has 1 atom stereocenters. The van der Waals surface area contributed by atoms with E-state index in [-0.39, 0.29) is 6.92 Å². The Morgan fingerprint density at radius 3 is 2.13 bits per heavy atom. The van der Waals surface area contributed by atoms with Gasteiger partial charge in [-0.3, -0.25) is 0 Å². The van der Waals surface area contributed by atoms with Gasteiger partial charge in [0.1, 0.15) is 6.10 Å². The van der Waals surface area contributed by atoms with E-state index < -0.39 is 12.3 Å². The molecule has 4 aromatic rings. The first-order valence-corrected chi connectivity index (χ1v) is 9.63. The van der Waals surface area contributed by atoms with Gasteiger partial charge >= 0.3 is 6.18 Å². The summed E-state index contributed by atoms with van der Waals surface area (Å²) in [4.78, 5) is 0. The first-order valence-electron chi connectivity index (χ1n) is 9.63. The highest BCUT2D eigenvalue weighted by Crippen LogP contribution is 2.27. The third kappa shape index (κ3) is 5.48. The first-order chi connectivity index (χ1) is 14.3. The number of aryl methyl sites for hydroxylation is 1. The molecule has 0 spiro atoms. The Hall–Kier alpha value is -3.12. The lowest BCUT2D eigenvalue weighted by molar-refractivity contribution is -0.110. The van der Waals surface area contributed by atoms with Crippen LogP contribution in [0.5, 0.6) is 0 Å². The van der Waals surface area contributed by atoms with E-state index in [1.54, 1.807) is 0 Å². The molecule has 1 unspecified atom stereocenters. The average molecular weight is 412 g/mol. The normalized spacial score (nSPS) is 12.3. The predicted octanol–water partition coefficient (Wildman–Crippen LogP) is 6.24. The second-order valence-corrected chi connectivity index (χ2v) is 6.99. The van der Waals surface area contributed by atoms with Crippen molar-refractivity contribution in [2.75, 3.05) is 0 Å². The molecule has 3 aromatic carbocycles. The molecule has 0 radical (unpaired) electrons. The van der Waals surface area contributed by atoms with Gasteiger partial charge in [0, 0.05) is 12.3 Å². The van der Waals surface area contributed by atoms with Crippen molar-refractivity contribution in [3.05, 3.63) is 95.7 Å². The van der Waals surface area contributed by atoms with E-state index in [0.29, 0.717) is 0 Å². The Balaban J connectivity index is 0.000000461. The molecule has 0 fully saturated rings. The Bertz CT molecular complexity index is 1080. The highest BCUT2D eigenvalue weighted by atomic mass is 19.4. The standard InChI is InChI=1S/C22H20N2O.C2H3F3/c1-2-16-8-10-17(11-9-16)22(25)18-12-13-21-19(14-18)15-23-24(21)20-6-4-3-5-7-20;1-2(3,4)5/h3-15,22,25H,2H2,1H3;1H3. The van der Waals surface area contributed by atoms with E-state index in [0.717, 1.165) is 34.1 Å². The number of hydrogen-bond donors (Lipinski definition) is 1. The third-order valence-electron chi connectivity index (χ3n) is 4.61. The molecule has 1 aromatic heterocycles. The third-order valence-corrected chi connectivity index (χ3v) is 4.61. The molecule has 0 saturated heterocycles. The van der Waals surface area contributed by atoms with Gasteiger partial charge in [-0.2, -0.15) is 18.3 Å². The van der Waals surface area contributed by atoms with Crippen molar-refractivity contribution in [3.8, 4) is 5.69 Å². The first kappa shape index (κ1) is 21.6. The van der Waals surface area contributed by atoms with Gasteiger partial charge in [-0.25, -0.2) is 4.68 Å². The lowest BCUT2D eigenvalue weighted by atomic mass is 9.99. The molecular weight excluding hydrogens is 389 g/mol. The van der Waals surface area contributed by atoms with E-state index in [4.69, 9.17) is 0 Å². The minimum atomic E-state index is -4.00. The zero-order valence-electron chi connectivity index (χ0n) is 16.8. The summed E-state index contributed by atoms with van der Waals surface area (Å²) >= 11 is 0.